The predicted molar refractivity (Wildman–Crippen MR) is 56.1 cm³/mol. The molecule has 0 aliphatic heterocycles. The van der Waals surface area contributed by atoms with Gasteiger partial charge < -0.3 is 4.74 Å². The molecule has 0 unspecified atom stereocenters. The largest absolute Gasteiger partial charge is 0.496 e. The molecule has 0 aromatic heterocycles. The zero-order valence-electron chi connectivity index (χ0n) is 9.53. The Morgan fingerprint density at radius 3 is 2.13 bits per heavy atom. The lowest BCUT2D eigenvalue weighted by molar-refractivity contribution is 0.372. The molecule has 3 heteroatoms. The van der Waals surface area contributed by atoms with Crippen LogP contribution in [0, 0.1) is 17.0 Å². The normalized spacial score (nSPS) is 11.6. The first-order chi connectivity index (χ1) is 6.83. The molecular weight excluding hydrogens is 198 g/mol. The number of rotatable bonds is 2. The molecule has 1 aromatic rings. The van der Waals surface area contributed by atoms with Gasteiger partial charge in [0.05, 0.1) is 7.11 Å². The van der Waals surface area contributed by atoms with Gasteiger partial charge in [0.2, 0.25) is 0 Å². The van der Waals surface area contributed by atoms with Gasteiger partial charge >= 0.3 is 0 Å². The van der Waals surface area contributed by atoms with Crippen molar-refractivity contribution in [3.8, 4) is 5.75 Å². The minimum atomic E-state index is -0.871. The van der Waals surface area contributed by atoms with E-state index in [4.69, 9.17) is 4.74 Å². The molecule has 0 heterocycles. The summed E-state index contributed by atoms with van der Waals surface area (Å²) in [5.74, 6) is -1.29. The fraction of sp³-hybridized carbons (Fsp3) is 0.500. The molecule has 0 saturated carbocycles. The van der Waals surface area contributed by atoms with Crippen LogP contribution < -0.4 is 4.74 Å². The molecule has 0 amide bonds. The Morgan fingerprint density at radius 1 is 1.13 bits per heavy atom. The molecule has 0 saturated heterocycles. The number of methoxy groups -OCH3 is 1. The first-order valence-corrected chi connectivity index (χ1v) is 4.85. The fourth-order valence-corrected chi connectivity index (χ4v) is 1.47. The summed E-state index contributed by atoms with van der Waals surface area (Å²) >= 11 is 0. The van der Waals surface area contributed by atoms with Gasteiger partial charge in [-0.1, -0.05) is 20.8 Å². The van der Waals surface area contributed by atoms with Gasteiger partial charge in [0.25, 0.3) is 0 Å². The maximum atomic E-state index is 13.0. The van der Waals surface area contributed by atoms with E-state index in [1.807, 2.05) is 20.8 Å². The van der Waals surface area contributed by atoms with Gasteiger partial charge in [-0.15, -0.1) is 0 Å². The second kappa shape index (κ2) is 4.17. The Kier molecular flexibility index (Phi) is 3.32. The summed E-state index contributed by atoms with van der Waals surface area (Å²) in [6.07, 6.45) is 0.646. The third-order valence-electron chi connectivity index (χ3n) is 2.04. The van der Waals surface area contributed by atoms with Gasteiger partial charge in [0.1, 0.15) is 5.75 Å². The highest BCUT2D eigenvalue weighted by atomic mass is 19.2. The van der Waals surface area contributed by atoms with Gasteiger partial charge in [0.15, 0.2) is 11.6 Å². The van der Waals surface area contributed by atoms with Crippen LogP contribution >= 0.6 is 0 Å². The highest BCUT2D eigenvalue weighted by molar-refractivity contribution is 5.35. The third kappa shape index (κ3) is 3.18. The van der Waals surface area contributed by atoms with Gasteiger partial charge in [0, 0.05) is 6.07 Å². The molecule has 1 nitrogen and oxygen atoms in total. The topological polar surface area (TPSA) is 9.23 Å². The monoisotopic (exact) mass is 214 g/mol. The molecule has 0 aliphatic rings. The summed E-state index contributed by atoms with van der Waals surface area (Å²) < 4.78 is 31.0. The van der Waals surface area contributed by atoms with Crippen molar-refractivity contribution in [1.29, 1.82) is 0 Å². The van der Waals surface area contributed by atoms with E-state index in [1.165, 1.54) is 13.2 Å². The Bertz CT molecular complexity index is 353. The highest BCUT2D eigenvalue weighted by Gasteiger charge is 2.17. The molecular formula is C12H16F2O. The maximum absolute atomic E-state index is 13.0. The van der Waals surface area contributed by atoms with Crippen LogP contribution in [0.1, 0.15) is 26.3 Å². The quantitative estimate of drug-likeness (QED) is 0.731. The van der Waals surface area contributed by atoms with Crippen molar-refractivity contribution in [3.63, 3.8) is 0 Å². The Balaban J connectivity index is 3.11. The van der Waals surface area contributed by atoms with Crippen LogP contribution in [0.25, 0.3) is 0 Å². The van der Waals surface area contributed by atoms with Crippen LogP contribution in [0.4, 0.5) is 8.78 Å². The van der Waals surface area contributed by atoms with Crippen molar-refractivity contribution in [3.05, 3.63) is 29.3 Å². The fourth-order valence-electron chi connectivity index (χ4n) is 1.47. The minimum Gasteiger partial charge on any atom is -0.496 e. The molecule has 0 radical (unpaired) electrons. The number of ether oxygens (including phenoxy) is 1. The average Bonchev–Trinajstić information content (AvgIpc) is 2.08. The minimum absolute atomic E-state index is 0.0115. The van der Waals surface area contributed by atoms with E-state index in [0.29, 0.717) is 17.7 Å². The van der Waals surface area contributed by atoms with Crippen LogP contribution in [0.2, 0.25) is 0 Å². The van der Waals surface area contributed by atoms with E-state index in [0.717, 1.165) is 6.07 Å². The van der Waals surface area contributed by atoms with E-state index < -0.39 is 11.6 Å². The Labute approximate surface area is 89.1 Å². The summed E-state index contributed by atoms with van der Waals surface area (Å²) in [4.78, 5) is 0. The van der Waals surface area contributed by atoms with Crippen molar-refractivity contribution >= 4 is 0 Å². The van der Waals surface area contributed by atoms with Crippen LogP contribution in [0.15, 0.2) is 12.1 Å². The standard InChI is InChI=1S/C12H16F2O/c1-12(2,3)7-8-5-9(13)10(14)6-11(8)15-4/h5-6H,7H2,1-4H3. The van der Waals surface area contributed by atoms with Crippen molar-refractivity contribution in [2.75, 3.05) is 7.11 Å². The molecule has 1 rings (SSSR count). The molecule has 0 atom stereocenters. The second-order valence-electron chi connectivity index (χ2n) is 4.82. The predicted octanol–water partition coefficient (Wildman–Crippen LogP) is 3.56. The lowest BCUT2D eigenvalue weighted by Crippen LogP contribution is -2.10. The first-order valence-electron chi connectivity index (χ1n) is 4.85. The van der Waals surface area contributed by atoms with Crippen molar-refractivity contribution in [2.24, 2.45) is 5.41 Å². The molecule has 84 valence electrons. The molecule has 0 bridgehead atoms. The van der Waals surface area contributed by atoms with E-state index in [2.05, 4.69) is 0 Å². The van der Waals surface area contributed by atoms with Gasteiger partial charge in [-0.2, -0.15) is 0 Å². The van der Waals surface area contributed by atoms with Gasteiger partial charge in [-0.05, 0) is 23.5 Å². The molecule has 0 N–H and O–H groups in total. The third-order valence-corrected chi connectivity index (χ3v) is 2.04. The maximum Gasteiger partial charge on any atom is 0.162 e. The Morgan fingerprint density at radius 2 is 1.67 bits per heavy atom. The number of hydrogen-bond donors (Lipinski definition) is 0. The van der Waals surface area contributed by atoms with Crippen molar-refractivity contribution in [1.82, 2.24) is 0 Å². The molecule has 0 aliphatic carbocycles. The highest BCUT2D eigenvalue weighted by Crippen LogP contribution is 2.29. The molecule has 1 aromatic carbocycles. The SMILES string of the molecule is COc1cc(F)c(F)cc1CC(C)(C)C. The van der Waals surface area contributed by atoms with Crippen molar-refractivity contribution in [2.45, 2.75) is 27.2 Å². The first kappa shape index (κ1) is 12.0. The van der Waals surface area contributed by atoms with Crippen molar-refractivity contribution < 1.29 is 13.5 Å². The molecule has 0 fully saturated rings. The summed E-state index contributed by atoms with van der Waals surface area (Å²) in [5, 5.41) is 0. The van der Waals surface area contributed by atoms with Gasteiger partial charge in [-0.3, -0.25) is 0 Å². The van der Waals surface area contributed by atoms with E-state index in [9.17, 15) is 8.78 Å². The van der Waals surface area contributed by atoms with E-state index >= 15 is 0 Å². The Hall–Kier alpha value is -1.12. The van der Waals surface area contributed by atoms with Crippen LogP contribution in [-0.2, 0) is 6.42 Å². The van der Waals surface area contributed by atoms with E-state index in [1.54, 1.807) is 0 Å². The zero-order valence-corrected chi connectivity index (χ0v) is 9.53. The smallest absolute Gasteiger partial charge is 0.162 e. The van der Waals surface area contributed by atoms with Crippen LogP contribution in [0.5, 0.6) is 5.75 Å². The number of halogens is 2. The van der Waals surface area contributed by atoms with E-state index in [-0.39, 0.29) is 5.41 Å². The summed E-state index contributed by atoms with van der Waals surface area (Å²) in [6, 6.07) is 2.30. The summed E-state index contributed by atoms with van der Waals surface area (Å²) in [7, 11) is 1.46. The average molecular weight is 214 g/mol. The summed E-state index contributed by atoms with van der Waals surface area (Å²) in [5.41, 5.74) is 0.710. The van der Waals surface area contributed by atoms with Gasteiger partial charge in [-0.25, -0.2) is 8.78 Å². The van der Waals surface area contributed by atoms with Crippen LogP contribution in [-0.4, -0.2) is 7.11 Å². The number of hydrogen-bond acceptors (Lipinski definition) is 1. The lowest BCUT2D eigenvalue weighted by Gasteiger charge is -2.20. The second-order valence-corrected chi connectivity index (χ2v) is 4.82. The van der Waals surface area contributed by atoms with Crippen LogP contribution in [0.3, 0.4) is 0 Å². The molecule has 0 spiro atoms. The molecule has 15 heavy (non-hydrogen) atoms. The lowest BCUT2D eigenvalue weighted by atomic mass is 9.88. The zero-order chi connectivity index (χ0) is 11.6. The number of benzene rings is 1. The summed E-state index contributed by atoms with van der Waals surface area (Å²) in [6.45, 7) is 6.11.